The number of nitrogens with two attached hydrogens (primary N) is 2. The zero-order valence-corrected chi connectivity index (χ0v) is 69.4. The van der Waals surface area contributed by atoms with E-state index in [9.17, 15) is 87.5 Å². The minimum atomic E-state index is -1.87. The average molecular weight is 1630 g/mol. The highest BCUT2D eigenvalue weighted by molar-refractivity contribution is 6.00. The Morgan fingerprint density at radius 1 is 0.414 bits per heavy atom. The number of nitrogens with one attached hydrogen (secondary N) is 12. The number of benzene rings is 3. The van der Waals surface area contributed by atoms with Crippen molar-refractivity contribution in [1.29, 1.82) is 0 Å². The van der Waals surface area contributed by atoms with Crippen molar-refractivity contribution >= 4 is 82.8 Å². The SMILES string of the molecule is CC[C@H](C)[C@H](NC(=O)[C@H](CC(C)C)NC(=O)[C@@H]1CCCN1C(=O)[C@H](Cc1ccccc1)NC(=O)[C@H](CC(C)C)NC(=O)[C@@H](N)Cc1ccccc1)C(=O)N[C@H](C(=O)N[C@@H](CO)C(=O)N[C@@H](Cc1ccccc1)C(=O)N[C@@H](CC(C)C)C(=O)N[C@@H](CO)C(=O)N[C@@H](CCCCN)C(=O)N[C@H](C(=O)N[C@@H](CC(C)C)C(=O)O)C(C)C)[C@@H](C)O. The van der Waals surface area contributed by atoms with Gasteiger partial charge in [0.25, 0.3) is 0 Å². The smallest absolute Gasteiger partial charge is 0.326 e. The topological polar surface area (TPSA) is 520 Å². The molecular formula is C83H129N15O18. The number of carbonyl (C=O) groups excluding carboxylic acids is 13. The molecule has 33 nitrogen and oxygen atoms in total. The average Bonchev–Trinajstić information content (AvgIpc) is 1.58. The molecule has 20 N–H and O–H groups in total. The maximum atomic E-state index is 14.9. The van der Waals surface area contributed by atoms with Crippen molar-refractivity contribution in [3.8, 4) is 0 Å². The van der Waals surface area contributed by atoms with E-state index >= 15 is 0 Å². The van der Waals surface area contributed by atoms with Crippen LogP contribution in [0.1, 0.15) is 171 Å². The van der Waals surface area contributed by atoms with Gasteiger partial charge in [0, 0.05) is 19.4 Å². The summed E-state index contributed by atoms with van der Waals surface area (Å²) in [6.07, 6.45) is 0.113. The van der Waals surface area contributed by atoms with E-state index in [4.69, 9.17) is 11.5 Å². The molecule has 13 amide bonds. The summed E-state index contributed by atoms with van der Waals surface area (Å²) in [5, 5.41) is 73.6. The van der Waals surface area contributed by atoms with E-state index in [2.05, 4.69) is 63.8 Å². The van der Waals surface area contributed by atoms with Gasteiger partial charge in [-0.2, -0.15) is 0 Å². The molecule has 33 heteroatoms. The second kappa shape index (κ2) is 49.8. The molecule has 1 aliphatic heterocycles. The lowest BCUT2D eigenvalue weighted by atomic mass is 9.96. The van der Waals surface area contributed by atoms with Crippen LogP contribution in [0.4, 0.5) is 0 Å². The van der Waals surface area contributed by atoms with E-state index < -0.39 is 199 Å². The Bertz CT molecular complexity index is 3690. The van der Waals surface area contributed by atoms with E-state index in [1.807, 2.05) is 44.2 Å². The summed E-state index contributed by atoms with van der Waals surface area (Å²) in [5.74, 6) is -14.4. The summed E-state index contributed by atoms with van der Waals surface area (Å²) >= 11 is 0. The molecule has 4 rings (SSSR count). The molecular weight excluding hydrogens is 1490 g/mol. The van der Waals surface area contributed by atoms with Gasteiger partial charge in [0.05, 0.1) is 25.4 Å². The first kappa shape index (κ1) is 98.4. The Labute approximate surface area is 681 Å². The molecule has 1 saturated heterocycles. The molecule has 0 unspecified atom stereocenters. The molecule has 0 spiro atoms. The van der Waals surface area contributed by atoms with E-state index in [0.29, 0.717) is 30.4 Å². The van der Waals surface area contributed by atoms with Gasteiger partial charge >= 0.3 is 5.97 Å². The zero-order chi connectivity index (χ0) is 86.6. The van der Waals surface area contributed by atoms with Crippen molar-refractivity contribution in [2.75, 3.05) is 26.3 Å². The summed E-state index contributed by atoms with van der Waals surface area (Å²) < 4.78 is 0. The number of carboxylic acids is 1. The van der Waals surface area contributed by atoms with Crippen LogP contribution >= 0.6 is 0 Å². The summed E-state index contributed by atoms with van der Waals surface area (Å²) in [7, 11) is 0. The molecule has 0 bridgehead atoms. The second-order valence-corrected chi connectivity index (χ2v) is 32.3. The third-order valence-electron chi connectivity index (χ3n) is 19.9. The lowest BCUT2D eigenvalue weighted by molar-refractivity contribution is -0.143. The zero-order valence-electron chi connectivity index (χ0n) is 69.4. The van der Waals surface area contributed by atoms with Gasteiger partial charge in [-0.1, -0.05) is 181 Å². The number of nitrogens with zero attached hydrogens (tertiary/aromatic N) is 1. The van der Waals surface area contributed by atoms with E-state index in [1.165, 1.54) is 4.90 Å². The molecule has 16 atom stereocenters. The number of aliphatic carboxylic acids is 1. The van der Waals surface area contributed by atoms with Gasteiger partial charge in [-0.3, -0.25) is 62.3 Å². The first-order valence-electron chi connectivity index (χ1n) is 40.5. The van der Waals surface area contributed by atoms with Crippen molar-refractivity contribution in [3.05, 3.63) is 108 Å². The summed E-state index contributed by atoms with van der Waals surface area (Å²) in [4.78, 5) is 199. The third kappa shape index (κ3) is 33.0. The Hall–Kier alpha value is -9.96. The molecule has 3 aromatic rings. The van der Waals surface area contributed by atoms with Crippen molar-refractivity contribution in [1.82, 2.24) is 68.7 Å². The van der Waals surface area contributed by atoms with Gasteiger partial charge in [-0.25, -0.2) is 4.79 Å². The number of aliphatic hydroxyl groups excluding tert-OH is 3. The van der Waals surface area contributed by atoms with Gasteiger partial charge in [-0.05, 0) is 130 Å². The number of amides is 13. The Morgan fingerprint density at radius 2 is 0.767 bits per heavy atom. The molecule has 0 aliphatic carbocycles. The lowest BCUT2D eigenvalue weighted by Crippen LogP contribution is -2.63. The number of likely N-dealkylation sites (tertiary alicyclic amines) is 1. The van der Waals surface area contributed by atoms with Gasteiger partial charge in [0.15, 0.2) is 0 Å². The fraction of sp³-hybridized carbons (Fsp3) is 0.614. The minimum Gasteiger partial charge on any atom is -0.480 e. The first-order valence-corrected chi connectivity index (χ1v) is 40.5. The number of carbonyl (C=O) groups is 14. The number of unbranched alkanes of at least 4 members (excludes halogenated alkanes) is 1. The number of hydrogen-bond acceptors (Lipinski definition) is 19. The molecule has 3 aromatic carbocycles. The fourth-order valence-electron chi connectivity index (χ4n) is 13.3. The predicted molar refractivity (Wildman–Crippen MR) is 435 cm³/mol. The van der Waals surface area contributed by atoms with Crippen LogP contribution in [-0.4, -0.2) is 225 Å². The third-order valence-corrected chi connectivity index (χ3v) is 19.9. The van der Waals surface area contributed by atoms with Crippen molar-refractivity contribution in [2.24, 2.45) is 47.0 Å². The van der Waals surface area contributed by atoms with Crippen molar-refractivity contribution < 1.29 is 87.5 Å². The van der Waals surface area contributed by atoms with Crippen molar-refractivity contribution in [2.45, 2.75) is 264 Å². The van der Waals surface area contributed by atoms with Crippen LogP contribution in [0.5, 0.6) is 0 Å². The number of rotatable bonds is 50. The van der Waals surface area contributed by atoms with Crippen LogP contribution in [0.3, 0.4) is 0 Å². The van der Waals surface area contributed by atoms with Crippen LogP contribution < -0.4 is 75.3 Å². The van der Waals surface area contributed by atoms with Gasteiger partial charge in [0.1, 0.15) is 78.5 Å². The number of aliphatic hydroxyl groups is 3. The van der Waals surface area contributed by atoms with E-state index in [1.54, 1.807) is 130 Å². The van der Waals surface area contributed by atoms with Crippen LogP contribution in [0, 0.1) is 35.5 Å². The maximum absolute atomic E-state index is 14.9. The molecule has 0 saturated carbocycles. The quantitative estimate of drug-likeness (QED) is 0.0338. The number of hydrogen-bond donors (Lipinski definition) is 18. The molecule has 644 valence electrons. The van der Waals surface area contributed by atoms with Crippen LogP contribution in [-0.2, 0) is 86.4 Å². The molecule has 1 heterocycles. The van der Waals surface area contributed by atoms with Gasteiger partial charge in [-0.15, -0.1) is 0 Å². The van der Waals surface area contributed by atoms with Gasteiger partial charge < -0.3 is 101 Å². The molecule has 0 radical (unpaired) electrons. The summed E-state index contributed by atoms with van der Waals surface area (Å²) in [6, 6.07) is 6.86. The summed E-state index contributed by atoms with van der Waals surface area (Å²) in [5.41, 5.74) is 14.1. The van der Waals surface area contributed by atoms with Gasteiger partial charge in [0.2, 0.25) is 76.8 Å². The molecule has 0 aromatic heterocycles. The molecule has 1 fully saturated rings. The maximum Gasteiger partial charge on any atom is 0.326 e. The highest BCUT2D eigenvalue weighted by Crippen LogP contribution is 2.23. The number of carboxylic acid groups (broad SMARTS) is 1. The fourth-order valence-corrected chi connectivity index (χ4v) is 13.3. The largest absolute Gasteiger partial charge is 0.480 e. The van der Waals surface area contributed by atoms with Crippen LogP contribution in [0.15, 0.2) is 91.0 Å². The lowest BCUT2D eigenvalue weighted by Gasteiger charge is -2.32. The highest BCUT2D eigenvalue weighted by Gasteiger charge is 2.43. The minimum absolute atomic E-state index is 0.0119. The first-order chi connectivity index (χ1) is 54.8. The van der Waals surface area contributed by atoms with Crippen molar-refractivity contribution in [3.63, 3.8) is 0 Å². The standard InChI is InChI=1S/C83H129N15O18/c1-14-51(12)68(96-75(107)60(39-48(6)7)90-78(110)66-34-26-36-98(66)82(114)62(43-55-31-22-17-23-32-55)91-72(104)58(37-46(2)3)87-70(102)56(85)41-53-27-18-15-19-28-53)80(112)97-69(52(13)101)81(113)94-65(45-100)77(109)89-61(42-54-29-20-16-21-30-54)74(106)88-59(38-47(4)5)73(105)93-64(44-99)76(108)86-57(33-24-25-35-84)71(103)95-67(50(10)11)79(111)92-63(83(115)116)40-49(8)9/h15-23,27-32,46-52,56-69,99-101H,14,24-26,33-45,84-85H2,1-13H3,(H,86,108)(H,87,102)(H,88,106)(H,89,109)(H,90,110)(H,91,104)(H,92,111)(H,93,105)(H,94,113)(H,95,103)(H,96,107)(H,97,112)(H,115,116)/t51-,52+,56-,57-,58-,59-,60-,61-,62-,63-,64-,65-,66-,67-,68-,69-/m0/s1. The highest BCUT2D eigenvalue weighted by atomic mass is 16.4. The van der Waals surface area contributed by atoms with Crippen LogP contribution in [0.2, 0.25) is 0 Å². The Balaban J connectivity index is 1.53. The summed E-state index contributed by atoms with van der Waals surface area (Å²) in [6.45, 7) is 20.4. The van der Waals surface area contributed by atoms with E-state index in [-0.39, 0.29) is 101 Å². The normalized spacial score (nSPS) is 16.7. The monoisotopic (exact) mass is 1620 g/mol. The second-order valence-electron chi connectivity index (χ2n) is 32.3. The predicted octanol–water partition coefficient (Wildman–Crippen LogP) is 0.316. The Kier molecular flexibility index (Phi) is 42.3. The molecule has 116 heavy (non-hydrogen) atoms. The molecule has 1 aliphatic rings. The van der Waals surface area contributed by atoms with Crippen LogP contribution in [0.25, 0.3) is 0 Å². The Morgan fingerprint density at radius 3 is 1.22 bits per heavy atom. The van der Waals surface area contributed by atoms with E-state index in [0.717, 1.165) is 12.5 Å².